The molecule has 0 aromatic heterocycles. The van der Waals surface area contributed by atoms with E-state index in [4.69, 9.17) is 0 Å². The van der Waals surface area contributed by atoms with Gasteiger partial charge in [0.15, 0.2) is 0 Å². The maximum Gasteiger partial charge on any atom is 0.254 e. The second kappa shape index (κ2) is 5.57. The van der Waals surface area contributed by atoms with Gasteiger partial charge < -0.3 is 10.2 Å². The molecular weight excluding hydrogens is 248 g/mol. The van der Waals surface area contributed by atoms with E-state index >= 15 is 0 Å². The summed E-state index contributed by atoms with van der Waals surface area (Å²) in [7, 11) is 0. The Morgan fingerprint density at radius 1 is 1.25 bits per heavy atom. The zero-order valence-corrected chi connectivity index (χ0v) is 12.4. The number of carbonyl (C=O) groups excluding carboxylic acids is 1. The van der Waals surface area contributed by atoms with Gasteiger partial charge in [-0.25, -0.2) is 0 Å². The Morgan fingerprint density at radius 3 is 2.50 bits per heavy atom. The van der Waals surface area contributed by atoms with Crippen LogP contribution in [0.15, 0.2) is 24.3 Å². The molecule has 2 saturated heterocycles. The molecule has 3 nitrogen and oxygen atoms in total. The molecule has 2 bridgehead atoms. The monoisotopic (exact) mass is 272 g/mol. The highest BCUT2D eigenvalue weighted by molar-refractivity contribution is 5.95. The van der Waals surface area contributed by atoms with Crippen molar-refractivity contribution in [1.82, 2.24) is 10.2 Å². The third kappa shape index (κ3) is 2.47. The third-order valence-electron chi connectivity index (χ3n) is 4.87. The Morgan fingerprint density at radius 2 is 1.90 bits per heavy atom. The van der Waals surface area contributed by atoms with Crippen molar-refractivity contribution in [3.63, 3.8) is 0 Å². The van der Waals surface area contributed by atoms with E-state index in [1.807, 2.05) is 31.2 Å². The number of carbonyl (C=O) groups is 1. The van der Waals surface area contributed by atoms with Crippen LogP contribution in [0.2, 0.25) is 0 Å². The Bertz CT molecular complexity index is 488. The first kappa shape index (κ1) is 13.6. The number of nitrogens with one attached hydrogen (secondary N) is 1. The van der Waals surface area contributed by atoms with Crippen LogP contribution in [-0.2, 0) is 0 Å². The topological polar surface area (TPSA) is 32.3 Å². The van der Waals surface area contributed by atoms with E-state index in [0.29, 0.717) is 18.1 Å². The number of aryl methyl sites for hydroxylation is 1. The third-order valence-corrected chi connectivity index (χ3v) is 4.87. The van der Waals surface area contributed by atoms with Gasteiger partial charge in [0.05, 0.1) is 0 Å². The summed E-state index contributed by atoms with van der Waals surface area (Å²) < 4.78 is 0. The van der Waals surface area contributed by atoms with Gasteiger partial charge in [0.2, 0.25) is 0 Å². The zero-order chi connectivity index (χ0) is 14.1. The van der Waals surface area contributed by atoms with Gasteiger partial charge in [0.25, 0.3) is 5.91 Å². The van der Waals surface area contributed by atoms with Crippen LogP contribution in [-0.4, -0.2) is 35.5 Å². The number of fused-ring (bicyclic) bond motifs is 2. The summed E-state index contributed by atoms with van der Waals surface area (Å²) in [5, 5.41) is 3.65. The predicted octanol–water partition coefficient (Wildman–Crippen LogP) is 2.74. The van der Waals surface area contributed by atoms with E-state index in [-0.39, 0.29) is 5.91 Å². The quantitative estimate of drug-likeness (QED) is 0.917. The number of nitrogens with zero attached hydrogens (tertiary/aromatic N) is 1. The maximum atomic E-state index is 12.8. The number of hydrogen-bond donors (Lipinski definition) is 1. The van der Waals surface area contributed by atoms with Crippen molar-refractivity contribution in [3.05, 3.63) is 35.4 Å². The predicted molar refractivity (Wildman–Crippen MR) is 80.9 cm³/mol. The van der Waals surface area contributed by atoms with Crippen LogP contribution in [0.25, 0.3) is 0 Å². The van der Waals surface area contributed by atoms with Crippen LogP contribution in [0.1, 0.15) is 48.5 Å². The van der Waals surface area contributed by atoms with Crippen molar-refractivity contribution in [2.24, 2.45) is 0 Å². The molecule has 2 fully saturated rings. The van der Waals surface area contributed by atoms with Crippen LogP contribution < -0.4 is 5.32 Å². The van der Waals surface area contributed by atoms with Crippen LogP contribution in [0.4, 0.5) is 0 Å². The Balaban J connectivity index is 1.79. The molecule has 0 radical (unpaired) electrons. The number of piperidine rings is 1. The molecule has 0 aliphatic carbocycles. The minimum absolute atomic E-state index is 0.205. The fraction of sp³-hybridized carbons (Fsp3) is 0.588. The van der Waals surface area contributed by atoms with Gasteiger partial charge in [-0.2, -0.15) is 0 Å². The van der Waals surface area contributed by atoms with E-state index < -0.39 is 0 Å². The largest absolute Gasteiger partial charge is 0.336 e. The number of amides is 1. The maximum absolute atomic E-state index is 12.8. The van der Waals surface area contributed by atoms with E-state index in [0.717, 1.165) is 30.5 Å². The molecule has 2 aliphatic heterocycles. The minimum atomic E-state index is 0.205. The number of benzene rings is 1. The molecule has 2 aliphatic rings. The second-order valence-electron chi connectivity index (χ2n) is 6.17. The SMILES string of the molecule is CCN(C(=O)c1ccccc1C)C1CC2CCC(C1)N2. The lowest BCUT2D eigenvalue weighted by molar-refractivity contribution is 0.0630. The van der Waals surface area contributed by atoms with Gasteiger partial charge in [0.1, 0.15) is 0 Å². The van der Waals surface area contributed by atoms with Crippen LogP contribution in [0, 0.1) is 6.92 Å². The lowest BCUT2D eigenvalue weighted by atomic mass is 9.97. The molecule has 20 heavy (non-hydrogen) atoms. The first-order chi connectivity index (χ1) is 9.69. The molecule has 1 aromatic carbocycles. The molecule has 3 heteroatoms. The Hall–Kier alpha value is -1.35. The smallest absolute Gasteiger partial charge is 0.254 e. The summed E-state index contributed by atoms with van der Waals surface area (Å²) in [6.45, 7) is 4.92. The summed E-state index contributed by atoms with van der Waals surface area (Å²) in [5.41, 5.74) is 1.94. The number of rotatable bonds is 3. The average molecular weight is 272 g/mol. The molecule has 2 heterocycles. The fourth-order valence-corrected chi connectivity index (χ4v) is 3.82. The molecule has 108 valence electrons. The molecule has 0 spiro atoms. The van der Waals surface area contributed by atoms with Crippen molar-refractivity contribution in [2.45, 2.75) is 57.7 Å². The average Bonchev–Trinajstić information content (AvgIpc) is 2.79. The van der Waals surface area contributed by atoms with Crippen molar-refractivity contribution in [2.75, 3.05) is 6.54 Å². The van der Waals surface area contributed by atoms with E-state index in [1.54, 1.807) is 0 Å². The van der Waals surface area contributed by atoms with Gasteiger partial charge in [-0.3, -0.25) is 4.79 Å². The summed E-state index contributed by atoms with van der Waals surface area (Å²) in [6.07, 6.45) is 4.78. The Labute approximate surface area is 121 Å². The molecule has 1 N–H and O–H groups in total. The van der Waals surface area contributed by atoms with Crippen molar-refractivity contribution in [3.8, 4) is 0 Å². The lowest BCUT2D eigenvalue weighted by Crippen LogP contribution is -2.50. The van der Waals surface area contributed by atoms with Gasteiger partial charge >= 0.3 is 0 Å². The summed E-state index contributed by atoms with van der Waals surface area (Å²) in [4.78, 5) is 14.9. The number of hydrogen-bond acceptors (Lipinski definition) is 2. The summed E-state index contributed by atoms with van der Waals surface area (Å²) >= 11 is 0. The van der Waals surface area contributed by atoms with Gasteiger partial charge in [-0.05, 0) is 51.2 Å². The lowest BCUT2D eigenvalue weighted by Gasteiger charge is -2.37. The first-order valence-corrected chi connectivity index (χ1v) is 7.81. The summed E-state index contributed by atoms with van der Waals surface area (Å²) in [6, 6.07) is 9.58. The van der Waals surface area contributed by atoms with Gasteiger partial charge in [0, 0.05) is 30.2 Å². The summed E-state index contributed by atoms with van der Waals surface area (Å²) in [5.74, 6) is 0.205. The highest BCUT2D eigenvalue weighted by atomic mass is 16.2. The van der Waals surface area contributed by atoms with Crippen LogP contribution in [0.3, 0.4) is 0 Å². The molecule has 2 atom stereocenters. The van der Waals surface area contributed by atoms with E-state index in [9.17, 15) is 4.79 Å². The zero-order valence-electron chi connectivity index (χ0n) is 12.4. The molecule has 0 saturated carbocycles. The molecule has 1 amide bonds. The fourth-order valence-electron chi connectivity index (χ4n) is 3.82. The van der Waals surface area contributed by atoms with Crippen molar-refractivity contribution < 1.29 is 4.79 Å². The van der Waals surface area contributed by atoms with Crippen molar-refractivity contribution in [1.29, 1.82) is 0 Å². The van der Waals surface area contributed by atoms with E-state index in [2.05, 4.69) is 17.1 Å². The Kier molecular flexibility index (Phi) is 3.79. The minimum Gasteiger partial charge on any atom is -0.336 e. The van der Waals surface area contributed by atoms with Gasteiger partial charge in [-0.1, -0.05) is 18.2 Å². The standard InChI is InChI=1S/C17H24N2O/c1-3-19(15-10-13-8-9-14(11-15)18-13)17(20)16-7-5-4-6-12(16)2/h4-7,13-15,18H,3,8-11H2,1-2H3. The van der Waals surface area contributed by atoms with Gasteiger partial charge in [-0.15, -0.1) is 0 Å². The van der Waals surface area contributed by atoms with Crippen molar-refractivity contribution >= 4 is 5.91 Å². The first-order valence-electron chi connectivity index (χ1n) is 7.81. The highest BCUT2D eigenvalue weighted by Gasteiger charge is 2.37. The molecule has 3 rings (SSSR count). The molecule has 2 unspecified atom stereocenters. The van der Waals surface area contributed by atoms with Crippen LogP contribution in [0.5, 0.6) is 0 Å². The second-order valence-corrected chi connectivity index (χ2v) is 6.17. The highest BCUT2D eigenvalue weighted by Crippen LogP contribution is 2.30. The van der Waals surface area contributed by atoms with Crippen LogP contribution >= 0.6 is 0 Å². The molecular formula is C17H24N2O. The molecule has 1 aromatic rings. The normalized spacial score (nSPS) is 28.4. The van der Waals surface area contributed by atoms with E-state index in [1.165, 1.54) is 12.8 Å².